The number of urea groups is 1. The predicted octanol–water partition coefficient (Wildman–Crippen LogP) is 3.68. The summed E-state index contributed by atoms with van der Waals surface area (Å²) < 4.78 is 16.4. The summed E-state index contributed by atoms with van der Waals surface area (Å²) in [6.45, 7) is 7.38. The Hall–Kier alpha value is -3.07. The molecule has 0 saturated carbocycles. The normalized spacial score (nSPS) is 15.6. The zero-order chi connectivity index (χ0) is 25.5. The van der Waals surface area contributed by atoms with Crippen LogP contribution in [0.25, 0.3) is 0 Å². The lowest BCUT2D eigenvalue weighted by Crippen LogP contribution is -2.29. The molecule has 192 valence electrons. The van der Waals surface area contributed by atoms with Gasteiger partial charge in [-0.1, -0.05) is 11.6 Å². The molecule has 2 aliphatic rings. The molecule has 1 fully saturated rings. The maximum atomic E-state index is 12.5. The Morgan fingerprint density at radius 3 is 2.57 bits per heavy atom. The summed E-state index contributed by atoms with van der Waals surface area (Å²) >= 11 is 0. The van der Waals surface area contributed by atoms with Crippen LogP contribution in [0.1, 0.15) is 59.7 Å². The van der Waals surface area contributed by atoms with Crippen molar-refractivity contribution >= 4 is 23.7 Å². The van der Waals surface area contributed by atoms with Crippen molar-refractivity contribution in [2.75, 3.05) is 52.8 Å². The molecule has 0 spiro atoms. The number of hydrogen-bond donors (Lipinski definition) is 1. The van der Waals surface area contributed by atoms with Crippen molar-refractivity contribution in [1.82, 2.24) is 9.80 Å². The highest BCUT2D eigenvalue weighted by atomic mass is 16.5. The lowest BCUT2D eigenvalue weighted by atomic mass is 9.93. The Labute approximate surface area is 207 Å². The summed E-state index contributed by atoms with van der Waals surface area (Å²) in [6, 6.07) is -0.351. The number of rotatable bonds is 10. The molecular weight excluding hydrogens is 450 g/mol. The Bertz CT molecular complexity index is 996. The van der Waals surface area contributed by atoms with Crippen LogP contribution < -0.4 is 10.1 Å². The van der Waals surface area contributed by atoms with Crippen molar-refractivity contribution in [2.24, 2.45) is 0 Å². The molecule has 0 unspecified atom stereocenters. The fourth-order valence-corrected chi connectivity index (χ4v) is 4.45. The predicted molar refractivity (Wildman–Crippen MR) is 133 cm³/mol. The van der Waals surface area contributed by atoms with Crippen molar-refractivity contribution in [3.8, 4) is 5.75 Å². The zero-order valence-electron chi connectivity index (χ0n) is 21.5. The van der Waals surface area contributed by atoms with Crippen LogP contribution in [0.15, 0.2) is 11.6 Å². The second kappa shape index (κ2) is 12.1. The Kier molecular flexibility index (Phi) is 9.14. The number of esters is 2. The summed E-state index contributed by atoms with van der Waals surface area (Å²) in [4.78, 5) is 40.9. The summed E-state index contributed by atoms with van der Waals surface area (Å²) in [5, 5.41) is 2.86. The summed E-state index contributed by atoms with van der Waals surface area (Å²) in [7, 11) is 4.84. The molecule has 2 aliphatic heterocycles. The third-order valence-electron chi connectivity index (χ3n) is 6.56. The fraction of sp³-hybridized carbons (Fsp3) is 0.577. The maximum absolute atomic E-state index is 12.5. The quantitative estimate of drug-likeness (QED) is 0.397. The van der Waals surface area contributed by atoms with Gasteiger partial charge in [0.1, 0.15) is 19.0 Å². The molecule has 1 saturated heterocycles. The molecule has 0 aromatic heterocycles. The van der Waals surface area contributed by atoms with E-state index < -0.39 is 5.97 Å². The number of hydrogen-bond acceptors (Lipinski definition) is 7. The Morgan fingerprint density at radius 2 is 1.91 bits per heavy atom. The molecule has 1 N–H and O–H groups in total. The minimum absolute atomic E-state index is 0.149. The third-order valence-corrected chi connectivity index (χ3v) is 6.56. The topological polar surface area (TPSA) is 97.4 Å². The van der Waals surface area contributed by atoms with Gasteiger partial charge >= 0.3 is 18.0 Å². The van der Waals surface area contributed by atoms with Crippen molar-refractivity contribution in [1.29, 1.82) is 0 Å². The zero-order valence-corrected chi connectivity index (χ0v) is 21.5. The number of benzene rings is 1. The lowest BCUT2D eigenvalue weighted by molar-refractivity contribution is -0.143. The van der Waals surface area contributed by atoms with Crippen molar-refractivity contribution < 1.29 is 28.6 Å². The number of carbonyl (C=O) groups is 3. The van der Waals surface area contributed by atoms with Crippen molar-refractivity contribution in [2.45, 2.75) is 52.6 Å². The lowest BCUT2D eigenvalue weighted by Gasteiger charge is -2.21. The molecule has 2 heterocycles. The van der Waals surface area contributed by atoms with Crippen molar-refractivity contribution in [3.05, 3.63) is 33.9 Å². The van der Waals surface area contributed by atoms with Crippen LogP contribution in [-0.4, -0.2) is 75.2 Å². The molecule has 0 bridgehead atoms. The van der Waals surface area contributed by atoms with Crippen LogP contribution in [0.3, 0.4) is 0 Å². The highest BCUT2D eigenvalue weighted by Gasteiger charge is 2.32. The first kappa shape index (κ1) is 26.5. The molecule has 9 nitrogen and oxygen atoms in total. The minimum atomic E-state index is -0.460. The van der Waals surface area contributed by atoms with Crippen LogP contribution in [0.5, 0.6) is 5.75 Å². The molecule has 1 aromatic carbocycles. The monoisotopic (exact) mass is 487 g/mol. The molecule has 9 heteroatoms. The smallest absolute Gasteiger partial charge is 0.341 e. The van der Waals surface area contributed by atoms with E-state index in [2.05, 4.69) is 10.2 Å². The SMILES string of the molecule is COc1c(C)c2c(c(NC(=O)N(C)C)c1C/C=C(\C)CCC(=O)OCCN1CCCC1)C(=O)OC2. The average molecular weight is 488 g/mol. The minimum Gasteiger partial charge on any atom is -0.496 e. The van der Waals surface area contributed by atoms with E-state index in [1.807, 2.05) is 19.9 Å². The van der Waals surface area contributed by atoms with Gasteiger partial charge in [0.05, 0.1) is 18.4 Å². The van der Waals surface area contributed by atoms with Gasteiger partial charge in [-0.3, -0.25) is 9.69 Å². The number of cyclic esters (lactones) is 1. The van der Waals surface area contributed by atoms with E-state index in [-0.39, 0.29) is 18.6 Å². The van der Waals surface area contributed by atoms with Crippen molar-refractivity contribution in [3.63, 3.8) is 0 Å². The summed E-state index contributed by atoms with van der Waals surface area (Å²) in [5.74, 6) is -0.0514. The number of fused-ring (bicyclic) bond motifs is 1. The first-order valence-corrected chi connectivity index (χ1v) is 12.1. The summed E-state index contributed by atoms with van der Waals surface area (Å²) in [5.41, 5.74) is 4.04. The van der Waals surface area contributed by atoms with E-state index in [0.29, 0.717) is 48.4 Å². The molecule has 0 atom stereocenters. The number of nitrogens with one attached hydrogen (secondary N) is 1. The summed E-state index contributed by atoms with van der Waals surface area (Å²) in [6.07, 6.45) is 5.72. The molecule has 2 amide bonds. The fourth-order valence-electron chi connectivity index (χ4n) is 4.45. The Balaban J connectivity index is 1.71. The second-order valence-corrected chi connectivity index (χ2v) is 9.29. The van der Waals surface area contributed by atoms with Crippen LogP contribution in [0.2, 0.25) is 0 Å². The molecule has 1 aromatic rings. The first-order valence-electron chi connectivity index (χ1n) is 12.1. The van der Waals surface area contributed by atoms with E-state index in [1.54, 1.807) is 21.2 Å². The highest BCUT2D eigenvalue weighted by molar-refractivity contribution is 6.05. The van der Waals surface area contributed by atoms with Gasteiger partial charge < -0.3 is 24.4 Å². The van der Waals surface area contributed by atoms with E-state index in [4.69, 9.17) is 14.2 Å². The van der Waals surface area contributed by atoms with Gasteiger partial charge in [-0.25, -0.2) is 9.59 Å². The maximum Gasteiger partial charge on any atom is 0.341 e. The van der Waals surface area contributed by atoms with Crippen LogP contribution in [0, 0.1) is 6.92 Å². The van der Waals surface area contributed by atoms with Crippen LogP contribution in [0.4, 0.5) is 10.5 Å². The standard InChI is InChI=1S/C26H37N3O6/c1-17(9-11-21(30)34-15-14-29-12-6-7-13-29)8-10-19-23(27-26(32)28(3)4)22-20(16-35-25(22)31)18(2)24(19)33-5/h8H,6-7,9-16H2,1-5H3,(H,27,32)/b17-8+. The highest BCUT2D eigenvalue weighted by Crippen LogP contribution is 2.41. The first-order chi connectivity index (χ1) is 16.7. The number of allylic oxidation sites excluding steroid dienone is 2. The van der Waals surface area contributed by atoms with Gasteiger partial charge in [0.2, 0.25) is 0 Å². The number of nitrogens with zero attached hydrogens (tertiary/aromatic N) is 2. The number of anilines is 1. The number of amides is 2. The Morgan fingerprint density at radius 1 is 1.20 bits per heavy atom. The second-order valence-electron chi connectivity index (χ2n) is 9.29. The molecule has 0 aliphatic carbocycles. The molecule has 3 rings (SSSR count). The van der Waals surface area contributed by atoms with Gasteiger partial charge in [-0.2, -0.15) is 0 Å². The molecule has 35 heavy (non-hydrogen) atoms. The van der Waals surface area contributed by atoms with Gasteiger partial charge in [0.15, 0.2) is 0 Å². The number of ether oxygens (including phenoxy) is 3. The van der Waals surface area contributed by atoms with Gasteiger partial charge in [-0.05, 0) is 58.2 Å². The van der Waals surface area contributed by atoms with E-state index in [9.17, 15) is 14.4 Å². The number of carbonyl (C=O) groups excluding carboxylic acids is 3. The third kappa shape index (κ3) is 6.54. The number of methoxy groups -OCH3 is 1. The van der Waals surface area contributed by atoms with E-state index in [0.717, 1.165) is 36.3 Å². The largest absolute Gasteiger partial charge is 0.496 e. The van der Waals surface area contributed by atoms with Crippen LogP contribution >= 0.6 is 0 Å². The van der Waals surface area contributed by atoms with Gasteiger partial charge in [-0.15, -0.1) is 0 Å². The number of likely N-dealkylation sites (tertiary alicyclic amines) is 1. The van der Waals surface area contributed by atoms with E-state index in [1.165, 1.54) is 17.7 Å². The van der Waals surface area contributed by atoms with E-state index >= 15 is 0 Å². The van der Waals surface area contributed by atoms with Crippen LogP contribution in [-0.2, 0) is 27.3 Å². The van der Waals surface area contributed by atoms with Gasteiger partial charge in [0.25, 0.3) is 0 Å². The average Bonchev–Trinajstić information content (AvgIpc) is 3.48. The van der Waals surface area contributed by atoms with Gasteiger partial charge in [0, 0.05) is 38.2 Å². The molecular formula is C26H37N3O6. The molecule has 0 radical (unpaired) electrons.